The highest BCUT2D eigenvalue weighted by molar-refractivity contribution is 5.77. The van der Waals surface area contributed by atoms with Crippen molar-refractivity contribution >= 4 is 5.91 Å². The number of hydrogen-bond acceptors (Lipinski definition) is 3. The Labute approximate surface area is 132 Å². The third-order valence-corrected chi connectivity index (χ3v) is 4.86. The molecule has 1 N–H and O–H groups in total. The molecule has 1 aromatic rings. The Kier molecular flexibility index (Phi) is 5.11. The molecule has 1 saturated heterocycles. The lowest BCUT2D eigenvalue weighted by Crippen LogP contribution is -2.44. The molecule has 4 nitrogen and oxygen atoms in total. The summed E-state index contributed by atoms with van der Waals surface area (Å²) in [5, 5.41) is 9.21. The molecule has 2 heterocycles. The SMILES string of the molecule is O=C(CC1OCCc2ccccc21)N1CCCCC1CCO. The van der Waals surface area contributed by atoms with Crippen LogP contribution in [0.4, 0.5) is 0 Å². The molecule has 0 bridgehead atoms. The molecule has 0 spiro atoms. The maximum absolute atomic E-state index is 12.7. The number of benzene rings is 1. The molecular weight excluding hydrogens is 278 g/mol. The first kappa shape index (κ1) is 15.5. The Balaban J connectivity index is 1.69. The van der Waals surface area contributed by atoms with Crippen molar-refractivity contribution in [2.24, 2.45) is 0 Å². The van der Waals surface area contributed by atoms with Crippen LogP contribution in [0.25, 0.3) is 0 Å². The molecule has 0 aliphatic carbocycles. The van der Waals surface area contributed by atoms with Crippen molar-refractivity contribution in [1.29, 1.82) is 0 Å². The van der Waals surface area contributed by atoms with Crippen molar-refractivity contribution in [2.75, 3.05) is 19.8 Å². The van der Waals surface area contributed by atoms with Gasteiger partial charge in [-0.05, 0) is 43.2 Å². The highest BCUT2D eigenvalue weighted by Crippen LogP contribution is 2.31. The summed E-state index contributed by atoms with van der Waals surface area (Å²) in [5.74, 6) is 0.167. The van der Waals surface area contributed by atoms with Gasteiger partial charge < -0.3 is 14.7 Å². The Bertz CT molecular complexity index is 515. The lowest BCUT2D eigenvalue weighted by Gasteiger charge is -2.37. The number of rotatable bonds is 4. The second kappa shape index (κ2) is 7.25. The van der Waals surface area contributed by atoms with Gasteiger partial charge in [-0.3, -0.25) is 4.79 Å². The number of carbonyl (C=O) groups excluding carboxylic acids is 1. The Morgan fingerprint density at radius 2 is 2.18 bits per heavy atom. The zero-order valence-corrected chi connectivity index (χ0v) is 13.0. The van der Waals surface area contributed by atoms with Gasteiger partial charge in [-0.25, -0.2) is 0 Å². The predicted octanol–water partition coefficient (Wildman–Crippen LogP) is 2.45. The minimum absolute atomic E-state index is 0.117. The fourth-order valence-electron chi connectivity index (χ4n) is 3.70. The molecule has 0 aromatic heterocycles. The van der Waals surface area contributed by atoms with Crippen LogP contribution in [0.2, 0.25) is 0 Å². The molecule has 3 rings (SSSR count). The van der Waals surface area contributed by atoms with Crippen molar-refractivity contribution in [3.63, 3.8) is 0 Å². The van der Waals surface area contributed by atoms with E-state index in [9.17, 15) is 9.90 Å². The minimum atomic E-state index is -0.117. The number of piperidine rings is 1. The van der Waals surface area contributed by atoms with Gasteiger partial charge in [-0.1, -0.05) is 24.3 Å². The van der Waals surface area contributed by atoms with Gasteiger partial charge in [0.05, 0.1) is 19.1 Å². The van der Waals surface area contributed by atoms with E-state index in [4.69, 9.17) is 4.74 Å². The van der Waals surface area contributed by atoms with Gasteiger partial charge in [-0.15, -0.1) is 0 Å². The lowest BCUT2D eigenvalue weighted by atomic mass is 9.94. The molecule has 1 fully saturated rings. The number of likely N-dealkylation sites (tertiary alicyclic amines) is 1. The van der Waals surface area contributed by atoms with Crippen LogP contribution in [0, 0.1) is 0 Å². The lowest BCUT2D eigenvalue weighted by molar-refractivity contribution is -0.138. The highest BCUT2D eigenvalue weighted by atomic mass is 16.5. The van der Waals surface area contributed by atoms with E-state index in [1.54, 1.807) is 0 Å². The van der Waals surface area contributed by atoms with E-state index in [0.717, 1.165) is 37.8 Å². The average Bonchev–Trinajstić information content (AvgIpc) is 2.56. The van der Waals surface area contributed by atoms with E-state index < -0.39 is 0 Å². The van der Waals surface area contributed by atoms with E-state index in [0.29, 0.717) is 19.4 Å². The molecular formula is C18H25NO3. The molecule has 0 radical (unpaired) electrons. The fraction of sp³-hybridized carbons (Fsp3) is 0.611. The third-order valence-electron chi connectivity index (χ3n) is 4.86. The van der Waals surface area contributed by atoms with Gasteiger partial charge >= 0.3 is 0 Å². The van der Waals surface area contributed by atoms with E-state index in [1.165, 1.54) is 5.56 Å². The highest BCUT2D eigenvalue weighted by Gasteiger charge is 2.30. The largest absolute Gasteiger partial charge is 0.396 e. The number of amides is 1. The van der Waals surface area contributed by atoms with E-state index in [2.05, 4.69) is 12.1 Å². The van der Waals surface area contributed by atoms with Crippen LogP contribution in [0.15, 0.2) is 24.3 Å². The van der Waals surface area contributed by atoms with Crippen LogP contribution in [0.3, 0.4) is 0 Å². The van der Waals surface area contributed by atoms with Crippen LogP contribution >= 0.6 is 0 Å². The Morgan fingerprint density at radius 3 is 3.05 bits per heavy atom. The first-order valence-electron chi connectivity index (χ1n) is 8.39. The number of carbonyl (C=O) groups is 1. The van der Waals surface area contributed by atoms with Crippen molar-refractivity contribution in [2.45, 2.75) is 50.7 Å². The maximum Gasteiger partial charge on any atom is 0.225 e. The van der Waals surface area contributed by atoms with Crippen molar-refractivity contribution in [3.05, 3.63) is 35.4 Å². The number of aliphatic hydroxyl groups excluding tert-OH is 1. The molecule has 22 heavy (non-hydrogen) atoms. The number of aliphatic hydroxyl groups is 1. The van der Waals surface area contributed by atoms with Crippen LogP contribution in [-0.4, -0.2) is 41.7 Å². The summed E-state index contributed by atoms with van der Waals surface area (Å²) in [5.41, 5.74) is 2.47. The molecule has 120 valence electrons. The minimum Gasteiger partial charge on any atom is -0.396 e. The molecule has 2 unspecified atom stereocenters. The first-order valence-corrected chi connectivity index (χ1v) is 8.39. The molecule has 1 amide bonds. The smallest absolute Gasteiger partial charge is 0.225 e. The van der Waals surface area contributed by atoms with Gasteiger partial charge in [0.25, 0.3) is 0 Å². The summed E-state index contributed by atoms with van der Waals surface area (Å²) in [7, 11) is 0. The predicted molar refractivity (Wildman–Crippen MR) is 84.5 cm³/mol. The second-order valence-corrected chi connectivity index (χ2v) is 6.26. The third kappa shape index (κ3) is 3.33. The summed E-state index contributed by atoms with van der Waals surface area (Å²) >= 11 is 0. The summed E-state index contributed by atoms with van der Waals surface area (Å²) in [6.45, 7) is 1.66. The van der Waals surface area contributed by atoms with Crippen molar-refractivity contribution < 1.29 is 14.6 Å². The van der Waals surface area contributed by atoms with Crippen LogP contribution in [0.1, 0.15) is 49.3 Å². The van der Waals surface area contributed by atoms with E-state index in [1.807, 2.05) is 17.0 Å². The molecule has 0 saturated carbocycles. The molecule has 2 atom stereocenters. The van der Waals surface area contributed by atoms with Crippen molar-refractivity contribution in [3.8, 4) is 0 Å². The normalized spacial score (nSPS) is 24.9. The summed E-state index contributed by atoms with van der Waals surface area (Å²) in [6.07, 6.45) is 5.14. The van der Waals surface area contributed by atoms with E-state index >= 15 is 0 Å². The summed E-state index contributed by atoms with van der Waals surface area (Å²) < 4.78 is 5.86. The van der Waals surface area contributed by atoms with Crippen molar-refractivity contribution in [1.82, 2.24) is 4.90 Å². The Hall–Kier alpha value is -1.39. The zero-order chi connectivity index (χ0) is 15.4. The zero-order valence-electron chi connectivity index (χ0n) is 13.0. The first-order chi connectivity index (χ1) is 10.8. The molecule has 1 aromatic carbocycles. The average molecular weight is 303 g/mol. The van der Waals surface area contributed by atoms with Gasteiger partial charge in [0.15, 0.2) is 0 Å². The topological polar surface area (TPSA) is 49.8 Å². The summed E-state index contributed by atoms with van der Waals surface area (Å²) in [6, 6.07) is 8.47. The van der Waals surface area contributed by atoms with E-state index in [-0.39, 0.29) is 24.7 Å². The number of fused-ring (bicyclic) bond motifs is 1. The quantitative estimate of drug-likeness (QED) is 0.929. The molecule has 2 aliphatic heterocycles. The maximum atomic E-state index is 12.7. The standard InChI is InChI=1S/C18H25NO3/c20-11-8-15-6-3-4-10-19(15)18(21)13-17-16-7-2-1-5-14(16)9-12-22-17/h1-2,5,7,15,17,20H,3-4,6,8-13H2. The van der Waals surface area contributed by atoms with Gasteiger partial charge in [0.1, 0.15) is 0 Å². The van der Waals surface area contributed by atoms with Gasteiger partial charge in [0, 0.05) is 19.2 Å². The van der Waals surface area contributed by atoms with Gasteiger partial charge in [-0.2, -0.15) is 0 Å². The number of nitrogens with zero attached hydrogens (tertiary/aromatic N) is 1. The number of hydrogen-bond donors (Lipinski definition) is 1. The van der Waals surface area contributed by atoms with Crippen LogP contribution in [0.5, 0.6) is 0 Å². The molecule has 2 aliphatic rings. The van der Waals surface area contributed by atoms with Crippen LogP contribution in [-0.2, 0) is 16.0 Å². The number of ether oxygens (including phenoxy) is 1. The monoisotopic (exact) mass is 303 g/mol. The summed E-state index contributed by atoms with van der Waals surface area (Å²) in [4.78, 5) is 14.7. The van der Waals surface area contributed by atoms with Crippen LogP contribution < -0.4 is 0 Å². The fourth-order valence-corrected chi connectivity index (χ4v) is 3.70. The second-order valence-electron chi connectivity index (χ2n) is 6.26. The Morgan fingerprint density at radius 1 is 1.32 bits per heavy atom. The molecule has 4 heteroatoms. The van der Waals surface area contributed by atoms with Gasteiger partial charge in [0.2, 0.25) is 5.91 Å².